The maximum Gasteiger partial charge on any atom is 0.307 e. The van der Waals surface area contributed by atoms with Crippen LogP contribution in [0.1, 0.15) is 33.1 Å². The van der Waals surface area contributed by atoms with Gasteiger partial charge in [0, 0.05) is 24.0 Å². The number of carboxylic acid groups (broad SMARTS) is 1. The Kier molecular flexibility index (Phi) is 2.85. The average molecular weight is 267 g/mol. The van der Waals surface area contributed by atoms with Gasteiger partial charge in [0.1, 0.15) is 0 Å². The van der Waals surface area contributed by atoms with Crippen molar-refractivity contribution >= 4 is 11.9 Å². The van der Waals surface area contributed by atoms with Crippen molar-refractivity contribution in [2.45, 2.75) is 45.3 Å². The van der Waals surface area contributed by atoms with Gasteiger partial charge in [-0.1, -0.05) is 13.8 Å². The average Bonchev–Trinajstić information content (AvgIpc) is 2.69. The zero-order chi connectivity index (χ0) is 13.8. The second-order valence-corrected chi connectivity index (χ2v) is 6.68. The van der Waals surface area contributed by atoms with Gasteiger partial charge in [-0.2, -0.15) is 0 Å². The molecule has 0 bridgehead atoms. The van der Waals surface area contributed by atoms with Crippen molar-refractivity contribution in [1.29, 1.82) is 0 Å². The zero-order valence-corrected chi connectivity index (χ0v) is 11.4. The van der Waals surface area contributed by atoms with Crippen LogP contribution in [0.5, 0.6) is 0 Å². The first-order chi connectivity index (χ1) is 8.93. The predicted octanol–water partition coefficient (Wildman–Crippen LogP) is 1.03. The van der Waals surface area contributed by atoms with E-state index in [4.69, 9.17) is 9.84 Å². The maximum atomic E-state index is 12.2. The summed E-state index contributed by atoms with van der Waals surface area (Å²) >= 11 is 0. The largest absolute Gasteiger partial charge is 0.481 e. The number of carbonyl (C=O) groups excluding carboxylic acids is 1. The van der Waals surface area contributed by atoms with Gasteiger partial charge in [0.05, 0.1) is 17.9 Å². The summed E-state index contributed by atoms with van der Waals surface area (Å²) in [6, 6.07) is 0.127. The van der Waals surface area contributed by atoms with E-state index >= 15 is 0 Å². The number of carbonyl (C=O) groups is 2. The Labute approximate surface area is 112 Å². The molecule has 106 valence electrons. The molecule has 3 aliphatic rings. The third kappa shape index (κ3) is 1.78. The first kappa shape index (κ1) is 12.9. The predicted molar refractivity (Wildman–Crippen MR) is 67.4 cm³/mol. The minimum Gasteiger partial charge on any atom is -0.481 e. The molecular formula is C14H21NO4. The van der Waals surface area contributed by atoms with E-state index in [2.05, 4.69) is 19.2 Å². The van der Waals surface area contributed by atoms with Crippen molar-refractivity contribution < 1.29 is 19.4 Å². The van der Waals surface area contributed by atoms with Crippen molar-refractivity contribution in [3.05, 3.63) is 0 Å². The maximum absolute atomic E-state index is 12.2. The fourth-order valence-corrected chi connectivity index (χ4v) is 3.99. The molecule has 5 atom stereocenters. The van der Waals surface area contributed by atoms with Crippen LogP contribution in [0, 0.1) is 23.2 Å². The molecule has 3 rings (SSSR count). The second kappa shape index (κ2) is 4.20. The van der Waals surface area contributed by atoms with Crippen LogP contribution in [-0.4, -0.2) is 35.7 Å². The van der Waals surface area contributed by atoms with Gasteiger partial charge in [0.15, 0.2) is 0 Å². The van der Waals surface area contributed by atoms with E-state index in [9.17, 15) is 9.59 Å². The highest BCUT2D eigenvalue weighted by Crippen LogP contribution is 2.52. The fraction of sp³-hybridized carbons (Fsp3) is 0.857. The summed E-state index contributed by atoms with van der Waals surface area (Å²) in [7, 11) is 0. The summed E-state index contributed by atoms with van der Waals surface area (Å²) in [5, 5.41) is 12.1. The molecule has 2 saturated carbocycles. The van der Waals surface area contributed by atoms with Gasteiger partial charge in [0.2, 0.25) is 5.91 Å². The third-order valence-electron chi connectivity index (χ3n) is 5.33. The molecule has 2 N–H and O–H groups in total. The SMILES string of the molecule is CC1(C)C(NC(=O)C2CCC2C(=O)O)C2CCOC21. The van der Waals surface area contributed by atoms with Gasteiger partial charge in [-0.3, -0.25) is 9.59 Å². The van der Waals surface area contributed by atoms with Crippen molar-refractivity contribution in [3.63, 3.8) is 0 Å². The fourth-order valence-electron chi connectivity index (χ4n) is 3.99. The Morgan fingerprint density at radius 3 is 2.47 bits per heavy atom. The molecule has 1 amide bonds. The van der Waals surface area contributed by atoms with E-state index in [-0.39, 0.29) is 29.4 Å². The van der Waals surface area contributed by atoms with Gasteiger partial charge in [-0.25, -0.2) is 0 Å². The molecule has 5 unspecified atom stereocenters. The van der Waals surface area contributed by atoms with Crippen molar-refractivity contribution in [3.8, 4) is 0 Å². The van der Waals surface area contributed by atoms with Crippen LogP contribution >= 0.6 is 0 Å². The first-order valence-corrected chi connectivity index (χ1v) is 7.07. The van der Waals surface area contributed by atoms with Crippen LogP contribution in [0.4, 0.5) is 0 Å². The number of hydrogen-bond acceptors (Lipinski definition) is 3. The zero-order valence-electron chi connectivity index (χ0n) is 11.4. The van der Waals surface area contributed by atoms with E-state index in [1.165, 1.54) is 0 Å². The molecule has 1 saturated heterocycles. The van der Waals surface area contributed by atoms with Crippen LogP contribution in [0.25, 0.3) is 0 Å². The molecule has 5 heteroatoms. The number of hydrogen-bond donors (Lipinski definition) is 2. The molecule has 0 aromatic heterocycles. The number of carboxylic acids is 1. The number of aliphatic carboxylic acids is 1. The highest BCUT2D eigenvalue weighted by atomic mass is 16.5. The molecule has 0 spiro atoms. The Morgan fingerprint density at radius 1 is 1.21 bits per heavy atom. The van der Waals surface area contributed by atoms with Crippen LogP contribution in [-0.2, 0) is 14.3 Å². The summed E-state index contributed by atoms with van der Waals surface area (Å²) in [4.78, 5) is 23.2. The molecule has 0 aromatic rings. The Morgan fingerprint density at radius 2 is 1.89 bits per heavy atom. The van der Waals surface area contributed by atoms with Crippen LogP contribution in [0.3, 0.4) is 0 Å². The highest BCUT2D eigenvalue weighted by molar-refractivity contribution is 5.86. The Balaban J connectivity index is 1.63. The minimum atomic E-state index is -0.846. The molecule has 19 heavy (non-hydrogen) atoms. The van der Waals surface area contributed by atoms with E-state index in [0.717, 1.165) is 13.0 Å². The quantitative estimate of drug-likeness (QED) is 0.800. The van der Waals surface area contributed by atoms with Gasteiger partial charge < -0.3 is 15.2 Å². The monoisotopic (exact) mass is 267 g/mol. The van der Waals surface area contributed by atoms with E-state index in [0.29, 0.717) is 18.8 Å². The van der Waals surface area contributed by atoms with E-state index in [1.54, 1.807) is 0 Å². The molecule has 2 aliphatic carbocycles. The lowest BCUT2D eigenvalue weighted by Crippen LogP contribution is -2.67. The normalized spacial score (nSPS) is 42.7. The summed E-state index contributed by atoms with van der Waals surface area (Å²) in [5.74, 6) is -1.35. The molecule has 3 fully saturated rings. The van der Waals surface area contributed by atoms with Crippen LogP contribution in [0.2, 0.25) is 0 Å². The minimum absolute atomic E-state index is 0.0424. The van der Waals surface area contributed by atoms with Crippen molar-refractivity contribution in [2.24, 2.45) is 23.2 Å². The lowest BCUT2D eigenvalue weighted by atomic mass is 9.57. The highest BCUT2D eigenvalue weighted by Gasteiger charge is 2.60. The number of amides is 1. The van der Waals surface area contributed by atoms with E-state index < -0.39 is 11.9 Å². The molecule has 1 aliphatic heterocycles. The number of nitrogens with one attached hydrogen (secondary N) is 1. The lowest BCUT2D eigenvalue weighted by molar-refractivity contribution is -0.157. The van der Waals surface area contributed by atoms with Gasteiger partial charge in [-0.15, -0.1) is 0 Å². The molecule has 0 radical (unpaired) electrons. The molecule has 0 aromatic carbocycles. The third-order valence-corrected chi connectivity index (χ3v) is 5.33. The number of fused-ring (bicyclic) bond motifs is 1. The molecule has 5 nitrogen and oxygen atoms in total. The Bertz CT molecular complexity index is 420. The molecule has 1 heterocycles. The number of ether oxygens (including phenoxy) is 1. The van der Waals surface area contributed by atoms with Crippen LogP contribution < -0.4 is 5.32 Å². The summed E-state index contributed by atoms with van der Waals surface area (Å²) in [6.45, 7) is 4.99. The second-order valence-electron chi connectivity index (χ2n) is 6.68. The van der Waals surface area contributed by atoms with Gasteiger partial charge in [0.25, 0.3) is 0 Å². The number of rotatable bonds is 3. The lowest BCUT2D eigenvalue weighted by Gasteiger charge is -2.55. The smallest absolute Gasteiger partial charge is 0.307 e. The first-order valence-electron chi connectivity index (χ1n) is 7.07. The van der Waals surface area contributed by atoms with Crippen molar-refractivity contribution in [2.75, 3.05) is 6.61 Å². The summed E-state index contributed by atoms with van der Waals surface area (Å²) in [5.41, 5.74) is -0.0424. The summed E-state index contributed by atoms with van der Waals surface area (Å²) < 4.78 is 5.69. The topological polar surface area (TPSA) is 75.6 Å². The standard InChI is InChI=1S/C14H21NO4/c1-14(2)10(9-5-6-19-11(9)14)15-12(16)7-3-4-8(7)13(17)18/h7-11H,3-6H2,1-2H3,(H,15,16)(H,17,18). The van der Waals surface area contributed by atoms with Crippen molar-refractivity contribution in [1.82, 2.24) is 5.32 Å². The van der Waals surface area contributed by atoms with Gasteiger partial charge >= 0.3 is 5.97 Å². The van der Waals surface area contributed by atoms with E-state index in [1.807, 2.05) is 0 Å². The van der Waals surface area contributed by atoms with Gasteiger partial charge in [-0.05, 0) is 19.3 Å². The van der Waals surface area contributed by atoms with Crippen LogP contribution in [0.15, 0.2) is 0 Å². The molecular weight excluding hydrogens is 246 g/mol. The summed E-state index contributed by atoms with van der Waals surface area (Å²) in [6.07, 6.45) is 2.55. The Hall–Kier alpha value is -1.10.